The number of alkyl halides is 1. The fourth-order valence-electron chi connectivity index (χ4n) is 2.29. The highest BCUT2D eigenvalue weighted by Crippen LogP contribution is 2.29. The molecular formula is C14H18BrFO. The van der Waals surface area contributed by atoms with Gasteiger partial charge in [0.2, 0.25) is 0 Å². The van der Waals surface area contributed by atoms with Crippen LogP contribution in [-0.4, -0.2) is 6.10 Å². The third-order valence-electron chi connectivity index (χ3n) is 3.42. The van der Waals surface area contributed by atoms with Crippen molar-refractivity contribution in [1.29, 1.82) is 0 Å². The zero-order valence-electron chi connectivity index (χ0n) is 10.1. The molecule has 0 aliphatic heterocycles. The summed E-state index contributed by atoms with van der Waals surface area (Å²) >= 11 is 3.37. The van der Waals surface area contributed by atoms with Gasteiger partial charge in [-0.2, -0.15) is 0 Å². The van der Waals surface area contributed by atoms with Crippen molar-refractivity contribution >= 4 is 15.9 Å². The van der Waals surface area contributed by atoms with E-state index in [1.54, 1.807) is 6.07 Å². The minimum Gasteiger partial charge on any atom is -0.490 e. The van der Waals surface area contributed by atoms with Crippen LogP contribution in [0.1, 0.15) is 38.2 Å². The summed E-state index contributed by atoms with van der Waals surface area (Å²) in [7, 11) is 0. The largest absolute Gasteiger partial charge is 0.490 e. The zero-order chi connectivity index (χ0) is 12.3. The topological polar surface area (TPSA) is 9.23 Å². The van der Waals surface area contributed by atoms with Gasteiger partial charge in [0.05, 0.1) is 6.10 Å². The molecule has 0 bridgehead atoms. The summed E-state index contributed by atoms with van der Waals surface area (Å²) in [6.07, 6.45) is 4.99. The summed E-state index contributed by atoms with van der Waals surface area (Å²) in [5, 5.41) is 0.628. The van der Waals surface area contributed by atoms with Gasteiger partial charge in [-0.3, -0.25) is 0 Å². The van der Waals surface area contributed by atoms with E-state index >= 15 is 0 Å². The van der Waals surface area contributed by atoms with Crippen LogP contribution >= 0.6 is 15.9 Å². The second kappa shape index (κ2) is 5.85. The van der Waals surface area contributed by atoms with Gasteiger partial charge in [0.1, 0.15) is 11.6 Å². The van der Waals surface area contributed by atoms with Gasteiger partial charge in [0, 0.05) is 10.9 Å². The van der Waals surface area contributed by atoms with Crippen LogP contribution < -0.4 is 4.74 Å². The van der Waals surface area contributed by atoms with Crippen LogP contribution in [0.5, 0.6) is 5.75 Å². The van der Waals surface area contributed by atoms with Crippen LogP contribution in [0.15, 0.2) is 18.2 Å². The van der Waals surface area contributed by atoms with E-state index in [-0.39, 0.29) is 5.82 Å². The highest BCUT2D eigenvalue weighted by molar-refractivity contribution is 9.08. The van der Waals surface area contributed by atoms with Crippen LogP contribution in [0.3, 0.4) is 0 Å². The predicted octanol–water partition coefficient (Wildman–Crippen LogP) is 4.68. The van der Waals surface area contributed by atoms with Crippen molar-refractivity contribution < 1.29 is 9.13 Å². The number of rotatable bonds is 3. The Balaban J connectivity index is 2.03. The minimum atomic E-state index is -0.205. The highest BCUT2D eigenvalue weighted by atomic mass is 79.9. The first-order valence-electron chi connectivity index (χ1n) is 6.20. The van der Waals surface area contributed by atoms with Gasteiger partial charge in [-0.25, -0.2) is 4.39 Å². The molecule has 1 fully saturated rings. The Hall–Kier alpha value is -0.570. The molecule has 1 saturated carbocycles. The maximum Gasteiger partial charge on any atom is 0.123 e. The van der Waals surface area contributed by atoms with E-state index in [1.807, 2.05) is 0 Å². The molecule has 3 heteroatoms. The van der Waals surface area contributed by atoms with Gasteiger partial charge in [-0.15, -0.1) is 0 Å². The van der Waals surface area contributed by atoms with Crippen molar-refractivity contribution in [1.82, 2.24) is 0 Å². The van der Waals surface area contributed by atoms with E-state index in [4.69, 9.17) is 4.74 Å². The Morgan fingerprint density at radius 1 is 1.29 bits per heavy atom. The molecule has 0 N–H and O–H groups in total. The van der Waals surface area contributed by atoms with Crippen molar-refractivity contribution in [3.05, 3.63) is 29.6 Å². The molecule has 0 amide bonds. The van der Waals surface area contributed by atoms with E-state index in [2.05, 4.69) is 22.9 Å². The average Bonchev–Trinajstić information content (AvgIpc) is 2.34. The van der Waals surface area contributed by atoms with Crippen molar-refractivity contribution in [2.24, 2.45) is 5.92 Å². The smallest absolute Gasteiger partial charge is 0.123 e. The van der Waals surface area contributed by atoms with Crippen molar-refractivity contribution in [3.63, 3.8) is 0 Å². The molecule has 0 saturated heterocycles. The van der Waals surface area contributed by atoms with Crippen molar-refractivity contribution in [2.75, 3.05) is 0 Å². The Kier molecular flexibility index (Phi) is 4.43. The number of halogens is 2. The van der Waals surface area contributed by atoms with E-state index in [9.17, 15) is 4.39 Å². The SMILES string of the molecule is CC1CCC(Oc2ccc(F)cc2CBr)CC1. The molecule has 0 heterocycles. The summed E-state index contributed by atoms with van der Waals surface area (Å²) < 4.78 is 19.1. The first-order valence-corrected chi connectivity index (χ1v) is 7.32. The number of hydrogen-bond donors (Lipinski definition) is 0. The highest BCUT2D eigenvalue weighted by Gasteiger charge is 2.20. The van der Waals surface area contributed by atoms with E-state index in [1.165, 1.54) is 25.0 Å². The van der Waals surface area contributed by atoms with Crippen LogP contribution in [0.25, 0.3) is 0 Å². The lowest BCUT2D eigenvalue weighted by Gasteiger charge is -2.27. The molecule has 1 aliphatic carbocycles. The fourth-order valence-corrected chi connectivity index (χ4v) is 2.73. The van der Waals surface area contributed by atoms with Crippen LogP contribution in [0.2, 0.25) is 0 Å². The normalized spacial score (nSPS) is 24.6. The Morgan fingerprint density at radius 3 is 2.65 bits per heavy atom. The maximum atomic E-state index is 13.1. The lowest BCUT2D eigenvalue weighted by atomic mass is 9.89. The van der Waals surface area contributed by atoms with Gasteiger partial charge < -0.3 is 4.74 Å². The van der Waals surface area contributed by atoms with Crippen LogP contribution in [-0.2, 0) is 5.33 Å². The molecule has 17 heavy (non-hydrogen) atoms. The molecule has 94 valence electrons. The third-order valence-corrected chi connectivity index (χ3v) is 4.03. The summed E-state index contributed by atoms with van der Waals surface area (Å²) in [4.78, 5) is 0. The van der Waals surface area contributed by atoms with Crippen LogP contribution in [0, 0.1) is 11.7 Å². The van der Waals surface area contributed by atoms with E-state index in [0.717, 1.165) is 30.1 Å². The molecule has 2 rings (SSSR count). The summed E-state index contributed by atoms with van der Waals surface area (Å²) in [6, 6.07) is 4.74. The standard InChI is InChI=1S/C14H18BrFO/c1-10-2-5-13(6-3-10)17-14-7-4-12(16)8-11(14)9-15/h4,7-8,10,13H,2-3,5-6,9H2,1H3. The van der Waals surface area contributed by atoms with Gasteiger partial charge in [0.25, 0.3) is 0 Å². The van der Waals surface area contributed by atoms with Gasteiger partial charge in [0.15, 0.2) is 0 Å². The van der Waals surface area contributed by atoms with Gasteiger partial charge in [-0.1, -0.05) is 22.9 Å². The lowest BCUT2D eigenvalue weighted by Crippen LogP contribution is -2.23. The quantitative estimate of drug-likeness (QED) is 0.737. The summed E-state index contributed by atoms with van der Waals surface area (Å²) in [5.74, 6) is 1.44. The molecule has 0 unspecified atom stereocenters. The first kappa shape index (κ1) is 12.9. The number of ether oxygens (including phenoxy) is 1. The van der Waals surface area contributed by atoms with Crippen molar-refractivity contribution in [2.45, 2.75) is 44.0 Å². The maximum absolute atomic E-state index is 13.1. The zero-order valence-corrected chi connectivity index (χ0v) is 11.7. The first-order chi connectivity index (χ1) is 8.19. The second-order valence-electron chi connectivity index (χ2n) is 4.89. The Morgan fingerprint density at radius 2 is 2.00 bits per heavy atom. The molecule has 0 aromatic heterocycles. The van der Waals surface area contributed by atoms with Gasteiger partial charge >= 0.3 is 0 Å². The minimum absolute atomic E-state index is 0.205. The van der Waals surface area contributed by atoms with E-state index < -0.39 is 0 Å². The molecule has 0 radical (unpaired) electrons. The Bertz CT molecular complexity index is 372. The predicted molar refractivity (Wildman–Crippen MR) is 71.1 cm³/mol. The molecule has 1 aromatic carbocycles. The third kappa shape index (κ3) is 3.44. The number of hydrogen-bond acceptors (Lipinski definition) is 1. The van der Waals surface area contributed by atoms with Crippen LogP contribution in [0.4, 0.5) is 4.39 Å². The molecular weight excluding hydrogens is 283 g/mol. The van der Waals surface area contributed by atoms with Gasteiger partial charge in [-0.05, 0) is 49.8 Å². The molecule has 0 spiro atoms. The molecule has 0 atom stereocenters. The van der Waals surface area contributed by atoms with E-state index in [0.29, 0.717) is 11.4 Å². The van der Waals surface area contributed by atoms with Crippen molar-refractivity contribution in [3.8, 4) is 5.75 Å². The monoisotopic (exact) mass is 300 g/mol. The molecule has 1 nitrogen and oxygen atoms in total. The fraction of sp³-hybridized carbons (Fsp3) is 0.571. The average molecular weight is 301 g/mol. The molecule has 1 aliphatic rings. The second-order valence-corrected chi connectivity index (χ2v) is 5.45. The summed E-state index contributed by atoms with van der Waals surface area (Å²) in [5.41, 5.74) is 0.892. The summed E-state index contributed by atoms with van der Waals surface area (Å²) in [6.45, 7) is 2.29. The molecule has 1 aromatic rings. The lowest BCUT2D eigenvalue weighted by molar-refractivity contribution is 0.134. The Labute approximate surface area is 110 Å². The number of benzene rings is 1.